The Morgan fingerprint density at radius 1 is 0.800 bits per heavy atom. The van der Waals surface area contributed by atoms with E-state index in [9.17, 15) is 4.79 Å². The van der Waals surface area contributed by atoms with Crippen molar-refractivity contribution in [2.75, 3.05) is 6.54 Å². The van der Waals surface area contributed by atoms with Crippen molar-refractivity contribution in [3.05, 3.63) is 119 Å². The summed E-state index contributed by atoms with van der Waals surface area (Å²) in [5, 5.41) is 0. The molecule has 2 saturated heterocycles. The molecule has 3 atom stereocenters. The molecule has 0 radical (unpaired) electrons. The van der Waals surface area contributed by atoms with Gasteiger partial charge in [-0.1, -0.05) is 84.9 Å². The number of nitrogens with two attached hydrogens (primary N) is 1. The average molecular weight is 529 g/mol. The van der Waals surface area contributed by atoms with Crippen LogP contribution in [-0.2, 0) is 17.6 Å². The van der Waals surface area contributed by atoms with E-state index in [2.05, 4.69) is 83.8 Å². The maximum Gasteiger partial charge on any atom is 0.221 e. The van der Waals surface area contributed by atoms with Crippen molar-refractivity contribution in [1.29, 1.82) is 0 Å². The number of ether oxygens (including phenoxy) is 1. The molecule has 7 rings (SSSR count). The molecule has 2 fully saturated rings. The Labute approximate surface area is 236 Å². The molecule has 1 amide bonds. The minimum atomic E-state index is -0.319. The molecule has 3 heterocycles. The van der Waals surface area contributed by atoms with Gasteiger partial charge in [0.05, 0.1) is 6.42 Å². The molecule has 4 heteroatoms. The van der Waals surface area contributed by atoms with Crippen molar-refractivity contribution < 1.29 is 9.53 Å². The van der Waals surface area contributed by atoms with Crippen LogP contribution in [0.5, 0.6) is 11.5 Å². The molecular weight excluding hydrogens is 492 g/mol. The lowest BCUT2D eigenvalue weighted by Gasteiger charge is -2.43. The predicted molar refractivity (Wildman–Crippen MR) is 160 cm³/mol. The Hall–Kier alpha value is -3.89. The number of fused-ring (bicyclic) bond motifs is 4. The Kier molecular flexibility index (Phi) is 6.65. The topological polar surface area (TPSA) is 55.6 Å². The largest absolute Gasteiger partial charge is 0.457 e. The first kappa shape index (κ1) is 25.1. The van der Waals surface area contributed by atoms with E-state index in [0.29, 0.717) is 23.9 Å². The van der Waals surface area contributed by atoms with Gasteiger partial charge >= 0.3 is 0 Å². The summed E-state index contributed by atoms with van der Waals surface area (Å²) in [6.45, 7) is 1.15. The third-order valence-electron chi connectivity index (χ3n) is 9.41. The van der Waals surface area contributed by atoms with Crippen LogP contribution < -0.4 is 10.5 Å². The highest BCUT2D eigenvalue weighted by Gasteiger charge is 2.45. The van der Waals surface area contributed by atoms with Gasteiger partial charge in [0.1, 0.15) is 11.5 Å². The SMILES string of the molecule is NC(=O)Cc1ccccc1-c1ccc2c(c1)Oc1ccccc1C2C1CC2CCC(C1)N2CCc1ccccc1. The van der Waals surface area contributed by atoms with E-state index in [0.717, 1.165) is 41.2 Å². The quantitative estimate of drug-likeness (QED) is 0.278. The molecule has 2 N–H and O–H groups in total. The third-order valence-corrected chi connectivity index (χ3v) is 9.41. The summed E-state index contributed by atoms with van der Waals surface area (Å²) >= 11 is 0. The maximum absolute atomic E-state index is 11.7. The minimum absolute atomic E-state index is 0.227. The van der Waals surface area contributed by atoms with E-state index in [-0.39, 0.29) is 12.3 Å². The number of hydrogen-bond acceptors (Lipinski definition) is 3. The first-order valence-electron chi connectivity index (χ1n) is 14.7. The summed E-state index contributed by atoms with van der Waals surface area (Å²) in [5.41, 5.74) is 12.6. The Balaban J connectivity index is 1.18. The van der Waals surface area contributed by atoms with E-state index >= 15 is 0 Å². The van der Waals surface area contributed by atoms with Crippen LogP contribution >= 0.6 is 0 Å². The second-order valence-electron chi connectivity index (χ2n) is 11.8. The molecule has 2 bridgehead atoms. The van der Waals surface area contributed by atoms with E-state index < -0.39 is 0 Å². The Morgan fingerprint density at radius 2 is 1.50 bits per heavy atom. The molecule has 0 spiro atoms. The van der Waals surface area contributed by atoms with Gasteiger partial charge in [-0.15, -0.1) is 0 Å². The van der Waals surface area contributed by atoms with Crippen molar-refractivity contribution in [3.63, 3.8) is 0 Å². The van der Waals surface area contributed by atoms with Gasteiger partial charge in [0.15, 0.2) is 0 Å². The third kappa shape index (κ3) is 4.71. The van der Waals surface area contributed by atoms with Gasteiger partial charge in [-0.3, -0.25) is 9.69 Å². The molecule has 3 aliphatic rings. The normalized spacial score (nSPS) is 23.2. The zero-order chi connectivity index (χ0) is 27.1. The zero-order valence-electron chi connectivity index (χ0n) is 22.8. The summed E-state index contributed by atoms with van der Waals surface area (Å²) in [5.74, 6) is 2.51. The summed E-state index contributed by atoms with van der Waals surface area (Å²) in [4.78, 5) is 14.5. The van der Waals surface area contributed by atoms with Gasteiger partial charge in [-0.25, -0.2) is 0 Å². The number of hydrogen-bond donors (Lipinski definition) is 1. The van der Waals surface area contributed by atoms with Gasteiger partial charge in [-0.05, 0) is 72.4 Å². The van der Waals surface area contributed by atoms with Gasteiger partial charge in [0, 0.05) is 35.7 Å². The lowest BCUT2D eigenvalue weighted by atomic mass is 9.72. The van der Waals surface area contributed by atoms with Crippen molar-refractivity contribution in [1.82, 2.24) is 4.90 Å². The highest BCUT2D eigenvalue weighted by Crippen LogP contribution is 2.53. The van der Waals surface area contributed by atoms with E-state index in [1.54, 1.807) is 0 Å². The standard InChI is InChI=1S/C36H36N2O2/c37-35(39)23-25-10-4-5-11-30(25)26-14-17-32-34(22-26)40-33-13-7-6-12-31(33)36(32)27-20-28-15-16-29(21-27)38(28)19-18-24-8-2-1-3-9-24/h1-14,17,22,27-29,36H,15-16,18-21,23H2,(H2,37,39). The fourth-order valence-electron chi connectivity index (χ4n) is 7.67. The predicted octanol–water partition coefficient (Wildman–Crippen LogP) is 7.10. The molecule has 202 valence electrons. The number of piperidine rings is 1. The fourth-order valence-corrected chi connectivity index (χ4v) is 7.67. The Bertz CT molecular complexity index is 1520. The van der Waals surface area contributed by atoms with E-state index in [4.69, 9.17) is 10.5 Å². The van der Waals surface area contributed by atoms with Gasteiger partial charge < -0.3 is 10.5 Å². The fraction of sp³-hybridized carbons (Fsp3) is 0.306. The lowest BCUT2D eigenvalue weighted by molar-refractivity contribution is -0.117. The Morgan fingerprint density at radius 3 is 2.30 bits per heavy atom. The highest BCUT2D eigenvalue weighted by atomic mass is 16.5. The summed E-state index contributed by atoms with van der Waals surface area (Å²) < 4.78 is 6.56. The maximum atomic E-state index is 11.7. The van der Waals surface area contributed by atoms with Crippen LogP contribution in [0.15, 0.2) is 97.1 Å². The summed E-state index contributed by atoms with van der Waals surface area (Å²) in [6.07, 6.45) is 6.43. The monoisotopic (exact) mass is 528 g/mol. The van der Waals surface area contributed by atoms with Crippen LogP contribution in [0.1, 0.15) is 53.9 Å². The molecule has 0 aliphatic carbocycles. The van der Waals surface area contributed by atoms with Crippen LogP contribution in [0.3, 0.4) is 0 Å². The van der Waals surface area contributed by atoms with Gasteiger partial charge in [-0.2, -0.15) is 0 Å². The first-order chi connectivity index (χ1) is 19.6. The number of amides is 1. The van der Waals surface area contributed by atoms with Crippen LogP contribution in [0.25, 0.3) is 11.1 Å². The number of nitrogens with zero attached hydrogens (tertiary/aromatic N) is 1. The van der Waals surface area contributed by atoms with Crippen molar-refractivity contribution in [2.24, 2.45) is 11.7 Å². The number of benzene rings is 4. The molecule has 3 aliphatic heterocycles. The zero-order valence-corrected chi connectivity index (χ0v) is 22.8. The van der Waals surface area contributed by atoms with Gasteiger partial charge in [0.25, 0.3) is 0 Å². The number of carbonyl (C=O) groups excluding carboxylic acids is 1. The number of para-hydroxylation sites is 1. The summed E-state index contributed by atoms with van der Waals surface area (Å²) in [7, 11) is 0. The minimum Gasteiger partial charge on any atom is -0.457 e. The molecule has 4 aromatic carbocycles. The van der Waals surface area contributed by atoms with E-state index in [1.165, 1.54) is 42.4 Å². The van der Waals surface area contributed by atoms with Crippen LogP contribution in [0.4, 0.5) is 0 Å². The lowest BCUT2D eigenvalue weighted by Crippen LogP contribution is -2.45. The molecule has 4 aromatic rings. The van der Waals surface area contributed by atoms with Crippen molar-refractivity contribution in [2.45, 2.75) is 56.5 Å². The van der Waals surface area contributed by atoms with Gasteiger partial charge in [0.2, 0.25) is 5.91 Å². The van der Waals surface area contributed by atoms with E-state index in [1.807, 2.05) is 18.2 Å². The number of carbonyl (C=O) groups is 1. The van der Waals surface area contributed by atoms with Crippen LogP contribution in [-0.4, -0.2) is 29.4 Å². The first-order valence-corrected chi connectivity index (χ1v) is 14.7. The molecule has 0 aromatic heterocycles. The molecule has 0 saturated carbocycles. The highest BCUT2D eigenvalue weighted by molar-refractivity contribution is 5.81. The molecule has 3 unspecified atom stereocenters. The number of primary amides is 1. The van der Waals surface area contributed by atoms with Crippen LogP contribution in [0.2, 0.25) is 0 Å². The van der Waals surface area contributed by atoms with Crippen LogP contribution in [0, 0.1) is 5.92 Å². The average Bonchev–Trinajstić information content (AvgIpc) is 3.21. The van der Waals surface area contributed by atoms with Crippen molar-refractivity contribution in [3.8, 4) is 22.6 Å². The number of rotatable bonds is 7. The van der Waals surface area contributed by atoms with Crippen molar-refractivity contribution >= 4 is 5.91 Å². The molecule has 4 nitrogen and oxygen atoms in total. The second-order valence-corrected chi connectivity index (χ2v) is 11.8. The second kappa shape index (κ2) is 10.6. The smallest absolute Gasteiger partial charge is 0.221 e. The summed E-state index contributed by atoms with van der Waals surface area (Å²) in [6, 6.07) is 35.5. The molecular formula is C36H36N2O2. The molecule has 40 heavy (non-hydrogen) atoms.